The minimum atomic E-state index is 0.0396. The maximum atomic E-state index is 4.86. The average molecular weight is 399 g/mol. The molecule has 154 valence electrons. The Labute approximate surface area is 179 Å². The highest BCUT2D eigenvalue weighted by molar-refractivity contribution is 5.85. The molecule has 0 amide bonds. The van der Waals surface area contributed by atoms with Gasteiger partial charge >= 0.3 is 0 Å². The van der Waals surface area contributed by atoms with Gasteiger partial charge in [-0.15, -0.1) is 0 Å². The fourth-order valence-electron chi connectivity index (χ4n) is 5.76. The molecule has 2 aromatic carbocycles. The van der Waals surface area contributed by atoms with E-state index in [0.29, 0.717) is 11.8 Å². The van der Waals surface area contributed by atoms with E-state index in [1.165, 1.54) is 16.9 Å². The van der Waals surface area contributed by atoms with Gasteiger partial charge in [0.15, 0.2) is 11.6 Å². The molecule has 5 rings (SSSR count). The molecule has 0 aliphatic carbocycles. The summed E-state index contributed by atoms with van der Waals surface area (Å²) in [5.74, 6) is 2.92. The van der Waals surface area contributed by atoms with Gasteiger partial charge in [0.1, 0.15) is 6.17 Å². The zero-order valence-corrected chi connectivity index (χ0v) is 18.3. The minimum Gasteiger partial charge on any atom is -0.301 e. The van der Waals surface area contributed by atoms with Crippen LogP contribution in [0.15, 0.2) is 67.0 Å². The zero-order chi connectivity index (χ0) is 20.9. The van der Waals surface area contributed by atoms with Gasteiger partial charge in [-0.1, -0.05) is 64.1 Å². The van der Waals surface area contributed by atoms with Crippen LogP contribution in [0.3, 0.4) is 0 Å². The van der Waals surface area contributed by atoms with Crippen LogP contribution in [-0.4, -0.2) is 16.1 Å². The Kier molecular flexibility index (Phi) is 4.53. The van der Waals surface area contributed by atoms with E-state index in [-0.39, 0.29) is 11.6 Å². The van der Waals surface area contributed by atoms with Crippen LogP contribution in [-0.2, 0) is 0 Å². The minimum absolute atomic E-state index is 0.0396. The molecule has 0 fully saturated rings. The first kappa shape index (κ1) is 19.1. The molecular weight excluding hydrogens is 368 g/mol. The maximum Gasteiger partial charge on any atom is 0.178 e. The third-order valence-electron chi connectivity index (χ3n) is 7.67. The molecule has 0 bridgehead atoms. The number of anilines is 4. The van der Waals surface area contributed by atoms with Gasteiger partial charge in [0.2, 0.25) is 0 Å². The van der Waals surface area contributed by atoms with Crippen LogP contribution in [0.2, 0.25) is 0 Å². The Balaban J connectivity index is 1.84. The monoisotopic (exact) mass is 398 g/mol. The quantitative estimate of drug-likeness (QED) is 0.494. The van der Waals surface area contributed by atoms with Crippen molar-refractivity contribution in [3.63, 3.8) is 0 Å². The van der Waals surface area contributed by atoms with E-state index >= 15 is 0 Å². The summed E-state index contributed by atoms with van der Waals surface area (Å²) < 4.78 is 0. The smallest absolute Gasteiger partial charge is 0.178 e. The lowest BCUT2D eigenvalue weighted by molar-refractivity contribution is 0.131. The molecule has 2 aliphatic heterocycles. The normalized spacial score (nSPS) is 27.3. The molecule has 0 N–H and O–H groups in total. The molecule has 0 saturated carbocycles. The summed E-state index contributed by atoms with van der Waals surface area (Å²) in [6.45, 7) is 9.58. The van der Waals surface area contributed by atoms with Crippen molar-refractivity contribution in [1.82, 2.24) is 9.97 Å². The summed E-state index contributed by atoms with van der Waals surface area (Å²) in [5, 5.41) is 0. The molecule has 3 heterocycles. The lowest BCUT2D eigenvalue weighted by atomic mass is 9.66. The first-order chi connectivity index (χ1) is 14.6. The Morgan fingerprint density at radius 2 is 1.50 bits per heavy atom. The Morgan fingerprint density at radius 3 is 2.17 bits per heavy atom. The number of hydrogen-bond acceptors (Lipinski definition) is 4. The van der Waals surface area contributed by atoms with Crippen LogP contribution in [0, 0.1) is 11.3 Å². The first-order valence-corrected chi connectivity index (χ1v) is 11.1. The van der Waals surface area contributed by atoms with E-state index in [9.17, 15) is 0 Å². The second-order valence-electron chi connectivity index (χ2n) is 8.87. The molecular formula is C26H30N4. The van der Waals surface area contributed by atoms with Crippen molar-refractivity contribution in [3.8, 4) is 0 Å². The number of fused-ring (bicyclic) bond motifs is 5. The van der Waals surface area contributed by atoms with Crippen molar-refractivity contribution in [2.24, 2.45) is 11.3 Å². The highest BCUT2D eigenvalue weighted by atomic mass is 15.5. The number of aromatic nitrogens is 2. The van der Waals surface area contributed by atoms with E-state index in [2.05, 4.69) is 92.1 Å². The van der Waals surface area contributed by atoms with Crippen molar-refractivity contribution in [1.29, 1.82) is 0 Å². The highest BCUT2D eigenvalue weighted by Crippen LogP contribution is 2.59. The molecule has 4 atom stereocenters. The zero-order valence-electron chi connectivity index (χ0n) is 18.3. The van der Waals surface area contributed by atoms with Crippen molar-refractivity contribution in [3.05, 3.63) is 72.6 Å². The summed E-state index contributed by atoms with van der Waals surface area (Å²) in [5.41, 5.74) is 3.92. The van der Waals surface area contributed by atoms with Gasteiger partial charge in [0, 0.05) is 29.2 Å². The third-order valence-corrected chi connectivity index (χ3v) is 7.67. The summed E-state index contributed by atoms with van der Waals surface area (Å²) in [6.07, 6.45) is 5.97. The largest absolute Gasteiger partial charge is 0.301 e. The first-order valence-electron chi connectivity index (χ1n) is 11.1. The topological polar surface area (TPSA) is 32.3 Å². The molecule has 0 radical (unpaired) electrons. The summed E-state index contributed by atoms with van der Waals surface area (Å²) >= 11 is 0. The number of para-hydroxylation sites is 2. The summed E-state index contributed by atoms with van der Waals surface area (Å²) in [6, 6.07) is 19.6. The lowest BCUT2D eigenvalue weighted by Gasteiger charge is -2.47. The Morgan fingerprint density at radius 1 is 0.867 bits per heavy atom. The SMILES string of the molecule is CCC1c2ccccc2N2c3nccnc3N(c3ccccc3)C2C(C)(CC)C1C. The number of benzene rings is 2. The lowest BCUT2D eigenvalue weighted by Crippen LogP contribution is -2.52. The molecule has 30 heavy (non-hydrogen) atoms. The standard InChI is InChI=1S/C26H30N4/c1-5-20-18(3)26(4,6-2)25-29(19-12-8-7-9-13-19)23-24(28-17-16-27-23)30(25)22-15-11-10-14-21(20)22/h7-18,20,25H,5-6H2,1-4H3. The van der Waals surface area contributed by atoms with Gasteiger partial charge in [0.25, 0.3) is 0 Å². The predicted molar refractivity (Wildman–Crippen MR) is 124 cm³/mol. The third kappa shape index (κ3) is 2.52. The second kappa shape index (κ2) is 7.12. The molecule has 3 aromatic rings. The van der Waals surface area contributed by atoms with Crippen molar-refractivity contribution in [2.45, 2.75) is 52.6 Å². The fourth-order valence-corrected chi connectivity index (χ4v) is 5.76. The highest BCUT2D eigenvalue weighted by Gasteiger charge is 2.55. The van der Waals surface area contributed by atoms with Gasteiger partial charge < -0.3 is 9.80 Å². The van der Waals surface area contributed by atoms with Crippen LogP contribution in [0.5, 0.6) is 0 Å². The van der Waals surface area contributed by atoms with Gasteiger partial charge in [-0.25, -0.2) is 9.97 Å². The van der Waals surface area contributed by atoms with Crippen LogP contribution >= 0.6 is 0 Å². The van der Waals surface area contributed by atoms with Gasteiger partial charge in [-0.05, 0) is 48.4 Å². The maximum absolute atomic E-state index is 4.86. The number of hydrogen-bond donors (Lipinski definition) is 0. The van der Waals surface area contributed by atoms with Crippen LogP contribution < -0.4 is 9.80 Å². The van der Waals surface area contributed by atoms with Crippen molar-refractivity contribution in [2.75, 3.05) is 9.80 Å². The predicted octanol–water partition coefficient (Wildman–Crippen LogP) is 6.65. The van der Waals surface area contributed by atoms with E-state index in [0.717, 1.165) is 24.5 Å². The van der Waals surface area contributed by atoms with Crippen LogP contribution in [0.1, 0.15) is 52.0 Å². The van der Waals surface area contributed by atoms with Crippen molar-refractivity contribution >= 4 is 23.0 Å². The Bertz CT molecular complexity index is 1050. The molecule has 4 heteroatoms. The molecule has 2 aliphatic rings. The van der Waals surface area contributed by atoms with Gasteiger partial charge in [-0.2, -0.15) is 0 Å². The number of rotatable bonds is 3. The van der Waals surface area contributed by atoms with Gasteiger partial charge in [-0.3, -0.25) is 0 Å². The summed E-state index contributed by atoms with van der Waals surface area (Å²) in [4.78, 5) is 14.6. The Hall–Kier alpha value is -2.88. The fraction of sp³-hybridized carbons (Fsp3) is 0.385. The van der Waals surface area contributed by atoms with E-state index in [1.807, 2.05) is 12.4 Å². The molecule has 0 spiro atoms. The van der Waals surface area contributed by atoms with Crippen molar-refractivity contribution < 1.29 is 0 Å². The summed E-state index contributed by atoms with van der Waals surface area (Å²) in [7, 11) is 0. The molecule has 1 aromatic heterocycles. The van der Waals surface area contributed by atoms with E-state index in [4.69, 9.17) is 9.97 Å². The second-order valence-corrected chi connectivity index (χ2v) is 8.87. The van der Waals surface area contributed by atoms with Crippen LogP contribution in [0.25, 0.3) is 0 Å². The van der Waals surface area contributed by atoms with Gasteiger partial charge in [0.05, 0.1) is 0 Å². The van der Waals surface area contributed by atoms with E-state index in [1.54, 1.807) is 0 Å². The van der Waals surface area contributed by atoms with E-state index < -0.39 is 0 Å². The molecule has 0 saturated heterocycles. The molecule has 4 unspecified atom stereocenters. The average Bonchev–Trinajstić information content (AvgIpc) is 3.12. The number of nitrogens with zero attached hydrogens (tertiary/aromatic N) is 4. The van der Waals surface area contributed by atoms with Crippen LogP contribution in [0.4, 0.5) is 23.0 Å². The molecule has 4 nitrogen and oxygen atoms in total.